The summed E-state index contributed by atoms with van der Waals surface area (Å²) in [6, 6.07) is 24.5. The zero-order valence-corrected chi connectivity index (χ0v) is 19.0. The number of hydrazone groups is 1. The summed E-state index contributed by atoms with van der Waals surface area (Å²) in [7, 11) is 0. The van der Waals surface area contributed by atoms with Crippen molar-refractivity contribution in [3.05, 3.63) is 88.8 Å². The summed E-state index contributed by atoms with van der Waals surface area (Å²) >= 11 is 0. The lowest BCUT2D eigenvalue weighted by Crippen LogP contribution is -2.40. The molecule has 2 atom stereocenters. The monoisotopic (exact) mass is 434 g/mol. The molecule has 0 amide bonds. The summed E-state index contributed by atoms with van der Waals surface area (Å²) in [5.74, 6) is -0.707. The number of nitrogens with zero attached hydrogens (tertiary/aromatic N) is 5. The molecule has 3 aromatic rings. The van der Waals surface area contributed by atoms with E-state index in [0.717, 1.165) is 34.7 Å². The average molecular weight is 435 g/mol. The van der Waals surface area contributed by atoms with Crippen LogP contribution in [0.2, 0.25) is 0 Å². The Morgan fingerprint density at radius 1 is 1.06 bits per heavy atom. The van der Waals surface area contributed by atoms with Gasteiger partial charge in [-0.2, -0.15) is 15.6 Å². The largest absolute Gasteiger partial charge is 0.318 e. The fourth-order valence-corrected chi connectivity index (χ4v) is 4.25. The predicted molar refractivity (Wildman–Crippen MR) is 132 cm³/mol. The van der Waals surface area contributed by atoms with Gasteiger partial charge in [0.05, 0.1) is 23.0 Å². The number of aromatic nitrogens is 1. The summed E-state index contributed by atoms with van der Waals surface area (Å²) in [6.45, 7) is 6.21. The van der Waals surface area contributed by atoms with Crippen LogP contribution in [-0.4, -0.2) is 16.4 Å². The van der Waals surface area contributed by atoms with Crippen molar-refractivity contribution < 1.29 is 0 Å². The molecule has 0 saturated carbocycles. The summed E-state index contributed by atoms with van der Waals surface area (Å²) < 4.78 is 2.17. The van der Waals surface area contributed by atoms with Crippen molar-refractivity contribution in [1.82, 2.24) is 4.57 Å². The number of hydrogen-bond acceptors (Lipinski definition) is 5. The number of nitrogens with two attached hydrogens (primary N) is 1. The van der Waals surface area contributed by atoms with Gasteiger partial charge in [-0.25, -0.2) is 5.01 Å². The molecule has 33 heavy (non-hydrogen) atoms. The Balaban J connectivity index is 1.75. The molecule has 1 aromatic heterocycles. The van der Waals surface area contributed by atoms with Crippen LogP contribution in [0.5, 0.6) is 0 Å². The number of benzene rings is 2. The lowest BCUT2D eigenvalue weighted by Gasteiger charge is -2.21. The number of para-hydroxylation sites is 1. The number of hydrogen-bond donors (Lipinski definition) is 1. The minimum Gasteiger partial charge on any atom is -0.318 e. The van der Waals surface area contributed by atoms with E-state index in [9.17, 15) is 10.5 Å². The zero-order chi connectivity index (χ0) is 23.5. The Bertz CT molecular complexity index is 1300. The van der Waals surface area contributed by atoms with Crippen molar-refractivity contribution in [2.45, 2.75) is 33.4 Å². The van der Waals surface area contributed by atoms with Crippen LogP contribution in [0, 0.1) is 42.4 Å². The summed E-state index contributed by atoms with van der Waals surface area (Å²) in [4.78, 5) is 0. The fraction of sp³-hybridized carbons (Fsp3) is 0.222. The second-order valence-corrected chi connectivity index (χ2v) is 8.11. The van der Waals surface area contributed by atoms with Crippen LogP contribution in [-0.2, 0) is 6.42 Å². The van der Waals surface area contributed by atoms with E-state index in [2.05, 4.69) is 53.0 Å². The molecule has 2 aromatic carbocycles. The van der Waals surface area contributed by atoms with Gasteiger partial charge in [0.25, 0.3) is 0 Å². The molecule has 2 N–H and O–H groups in total. The van der Waals surface area contributed by atoms with Crippen molar-refractivity contribution in [2.75, 3.05) is 5.01 Å². The van der Waals surface area contributed by atoms with Gasteiger partial charge >= 0.3 is 0 Å². The molecular weight excluding hydrogens is 408 g/mol. The Morgan fingerprint density at radius 3 is 2.36 bits per heavy atom. The van der Waals surface area contributed by atoms with E-state index in [1.54, 1.807) is 5.01 Å². The molecule has 164 valence electrons. The summed E-state index contributed by atoms with van der Waals surface area (Å²) in [6.07, 6.45) is 2.14. The smallest absolute Gasteiger partial charge is 0.127 e. The van der Waals surface area contributed by atoms with Gasteiger partial charge in [-0.05, 0) is 67.8 Å². The van der Waals surface area contributed by atoms with E-state index in [1.165, 1.54) is 5.56 Å². The van der Waals surface area contributed by atoms with Crippen LogP contribution < -0.4 is 10.7 Å². The van der Waals surface area contributed by atoms with Crippen molar-refractivity contribution in [1.29, 1.82) is 10.5 Å². The second-order valence-electron chi connectivity index (χ2n) is 8.11. The topological polar surface area (TPSA) is 94.1 Å². The number of nitriles is 2. The van der Waals surface area contributed by atoms with Gasteiger partial charge in [0.15, 0.2) is 0 Å². The van der Waals surface area contributed by atoms with Gasteiger partial charge in [0.2, 0.25) is 0 Å². The second kappa shape index (κ2) is 9.16. The molecule has 0 unspecified atom stereocenters. The minimum atomic E-state index is -0.707. The molecule has 0 saturated heterocycles. The van der Waals surface area contributed by atoms with E-state index in [-0.39, 0.29) is 0 Å². The SMILES string of the molecule is CCc1ccc(-n2c(C)cc(/C=C(/C#N)C3=NN(c4ccccc4)[C@@H](N)[C@H]3C#N)c2C)cc1. The van der Waals surface area contributed by atoms with Crippen molar-refractivity contribution in [2.24, 2.45) is 16.8 Å². The minimum absolute atomic E-state index is 0.344. The Morgan fingerprint density at radius 2 is 1.76 bits per heavy atom. The highest BCUT2D eigenvalue weighted by atomic mass is 15.5. The average Bonchev–Trinajstić information content (AvgIpc) is 3.32. The molecule has 0 fully saturated rings. The molecule has 0 aliphatic carbocycles. The third-order valence-electron chi connectivity index (χ3n) is 6.06. The highest BCUT2D eigenvalue weighted by Crippen LogP contribution is 2.30. The molecule has 6 heteroatoms. The van der Waals surface area contributed by atoms with Crippen molar-refractivity contribution >= 4 is 17.5 Å². The molecule has 2 heterocycles. The highest BCUT2D eigenvalue weighted by molar-refractivity contribution is 6.11. The number of allylic oxidation sites excluding steroid dienone is 1. The molecule has 0 bridgehead atoms. The Kier molecular flexibility index (Phi) is 6.13. The van der Waals surface area contributed by atoms with Crippen LogP contribution in [0.1, 0.15) is 29.4 Å². The quantitative estimate of drug-likeness (QED) is 0.580. The van der Waals surface area contributed by atoms with Crippen LogP contribution in [0.15, 0.2) is 71.3 Å². The van der Waals surface area contributed by atoms with Gasteiger partial charge in [-0.3, -0.25) is 0 Å². The Labute approximate surface area is 194 Å². The lowest BCUT2D eigenvalue weighted by molar-refractivity contribution is 0.624. The molecular formula is C27H26N6. The summed E-state index contributed by atoms with van der Waals surface area (Å²) in [5, 5.41) is 26.0. The third kappa shape index (κ3) is 4.05. The fourth-order valence-electron chi connectivity index (χ4n) is 4.25. The van der Waals surface area contributed by atoms with E-state index >= 15 is 0 Å². The maximum atomic E-state index is 9.97. The van der Waals surface area contributed by atoms with E-state index < -0.39 is 12.1 Å². The first-order valence-electron chi connectivity index (χ1n) is 11.0. The molecule has 4 rings (SSSR count). The van der Waals surface area contributed by atoms with Gasteiger partial charge in [-0.1, -0.05) is 37.3 Å². The van der Waals surface area contributed by atoms with Crippen LogP contribution in [0.3, 0.4) is 0 Å². The molecule has 1 aliphatic heterocycles. The number of aryl methyl sites for hydroxylation is 2. The summed E-state index contributed by atoms with van der Waals surface area (Å²) in [5.41, 5.74) is 13.2. The lowest BCUT2D eigenvalue weighted by atomic mass is 9.95. The van der Waals surface area contributed by atoms with E-state index in [4.69, 9.17) is 5.73 Å². The van der Waals surface area contributed by atoms with Gasteiger partial charge in [-0.15, -0.1) is 0 Å². The number of anilines is 1. The maximum absolute atomic E-state index is 9.97. The highest BCUT2D eigenvalue weighted by Gasteiger charge is 2.37. The first kappa shape index (κ1) is 22.1. The van der Waals surface area contributed by atoms with Crippen LogP contribution in [0.4, 0.5) is 5.69 Å². The van der Waals surface area contributed by atoms with E-state index in [1.807, 2.05) is 56.3 Å². The first-order valence-corrected chi connectivity index (χ1v) is 11.0. The van der Waals surface area contributed by atoms with Crippen molar-refractivity contribution in [3.63, 3.8) is 0 Å². The van der Waals surface area contributed by atoms with Crippen molar-refractivity contribution in [3.8, 4) is 17.8 Å². The zero-order valence-electron chi connectivity index (χ0n) is 19.0. The maximum Gasteiger partial charge on any atom is 0.127 e. The van der Waals surface area contributed by atoms with Gasteiger partial charge < -0.3 is 10.3 Å². The molecule has 0 spiro atoms. The predicted octanol–water partition coefficient (Wildman–Crippen LogP) is 4.86. The van der Waals surface area contributed by atoms with E-state index in [0.29, 0.717) is 11.3 Å². The standard InChI is InChI=1S/C27H26N6/c1-4-20-10-12-23(13-11-20)32-18(2)14-21(19(32)3)15-22(16-28)26-25(17-29)27(30)33(31-26)24-8-6-5-7-9-24/h5-15,25,27H,4,30H2,1-3H3/b22-15-/t25-,27+/m0/s1. The van der Waals surface area contributed by atoms with Crippen LogP contribution in [0.25, 0.3) is 11.8 Å². The first-order chi connectivity index (χ1) is 16.0. The molecule has 1 aliphatic rings. The molecule has 6 nitrogen and oxygen atoms in total. The van der Waals surface area contributed by atoms with Gasteiger partial charge in [0, 0.05) is 17.1 Å². The third-order valence-corrected chi connectivity index (χ3v) is 6.06. The normalized spacial score (nSPS) is 18.1. The molecule has 0 radical (unpaired) electrons. The Hall–Kier alpha value is -4.13. The van der Waals surface area contributed by atoms with Gasteiger partial charge in [0.1, 0.15) is 18.2 Å². The van der Waals surface area contributed by atoms with Crippen LogP contribution >= 0.6 is 0 Å². The number of rotatable bonds is 5.